The molecule has 0 saturated heterocycles. The van der Waals surface area contributed by atoms with Crippen molar-refractivity contribution in [1.29, 1.82) is 0 Å². The average Bonchev–Trinajstić information content (AvgIpc) is 2.77. The molecule has 1 amide bonds. The zero-order chi connectivity index (χ0) is 20.5. The number of nitrogens with one attached hydrogen (secondary N) is 1. The van der Waals surface area contributed by atoms with Gasteiger partial charge in [0.25, 0.3) is 0 Å². The molecule has 0 atom stereocenters. The zero-order valence-corrected chi connectivity index (χ0v) is 16.4. The predicted molar refractivity (Wildman–Crippen MR) is 115 cm³/mol. The van der Waals surface area contributed by atoms with Crippen LogP contribution in [0, 0.1) is 0 Å². The van der Waals surface area contributed by atoms with E-state index in [9.17, 15) is 9.59 Å². The van der Waals surface area contributed by atoms with Crippen LogP contribution in [0.1, 0.15) is 22.8 Å². The first-order chi connectivity index (χ1) is 14.2. The number of carbonyl (C=O) groups excluding carboxylic acids is 2. The highest BCUT2D eigenvalue weighted by atomic mass is 16.5. The maximum absolute atomic E-state index is 13.0. The van der Waals surface area contributed by atoms with Gasteiger partial charge in [-0.05, 0) is 48.9 Å². The van der Waals surface area contributed by atoms with Gasteiger partial charge in [0.05, 0.1) is 25.3 Å². The average molecular weight is 388 g/mol. The normalized spacial score (nSPS) is 10.2. The van der Waals surface area contributed by atoms with Gasteiger partial charge in [0, 0.05) is 11.4 Å². The van der Waals surface area contributed by atoms with Crippen LogP contribution in [-0.4, -0.2) is 25.0 Å². The summed E-state index contributed by atoms with van der Waals surface area (Å²) in [7, 11) is 0. The van der Waals surface area contributed by atoms with E-state index in [1.54, 1.807) is 36.1 Å². The molecule has 29 heavy (non-hydrogen) atoms. The van der Waals surface area contributed by atoms with Crippen molar-refractivity contribution in [3.8, 4) is 0 Å². The van der Waals surface area contributed by atoms with Crippen molar-refractivity contribution >= 4 is 23.3 Å². The quantitative estimate of drug-likeness (QED) is 0.577. The Morgan fingerprint density at radius 1 is 0.862 bits per heavy atom. The van der Waals surface area contributed by atoms with E-state index in [-0.39, 0.29) is 18.4 Å². The summed E-state index contributed by atoms with van der Waals surface area (Å²) in [6, 6.07) is 26.4. The molecule has 5 nitrogen and oxygen atoms in total. The van der Waals surface area contributed by atoms with E-state index in [1.807, 2.05) is 60.7 Å². The standard InChI is InChI=1S/C24H24N2O3/c1-2-29-24(28)20-13-15-21(16-14-20)25-17-23(27)26(22-11-7-4-8-12-22)18-19-9-5-3-6-10-19/h3-16,25H,2,17-18H2,1H3. The van der Waals surface area contributed by atoms with Crippen molar-refractivity contribution < 1.29 is 14.3 Å². The van der Waals surface area contributed by atoms with Crippen molar-refractivity contribution in [2.45, 2.75) is 13.5 Å². The number of carbonyl (C=O) groups is 2. The largest absolute Gasteiger partial charge is 0.462 e. The summed E-state index contributed by atoms with van der Waals surface area (Å²) < 4.78 is 4.98. The van der Waals surface area contributed by atoms with Crippen LogP contribution >= 0.6 is 0 Å². The second kappa shape index (κ2) is 10.1. The summed E-state index contributed by atoms with van der Waals surface area (Å²) in [5, 5.41) is 3.14. The van der Waals surface area contributed by atoms with E-state index < -0.39 is 0 Å². The third-order valence-electron chi connectivity index (χ3n) is 4.39. The van der Waals surface area contributed by atoms with Crippen LogP contribution in [0.4, 0.5) is 11.4 Å². The highest BCUT2D eigenvalue weighted by molar-refractivity contribution is 5.96. The van der Waals surface area contributed by atoms with E-state index >= 15 is 0 Å². The molecule has 0 aliphatic carbocycles. The molecule has 0 aliphatic rings. The number of rotatable bonds is 8. The Morgan fingerprint density at radius 2 is 1.48 bits per heavy atom. The fourth-order valence-corrected chi connectivity index (χ4v) is 2.91. The molecular weight excluding hydrogens is 364 g/mol. The van der Waals surface area contributed by atoms with Gasteiger partial charge in [-0.1, -0.05) is 48.5 Å². The molecule has 0 spiro atoms. The Balaban J connectivity index is 1.67. The second-order valence-corrected chi connectivity index (χ2v) is 6.45. The third kappa shape index (κ3) is 5.69. The molecule has 0 bridgehead atoms. The lowest BCUT2D eigenvalue weighted by Gasteiger charge is -2.23. The molecular formula is C24H24N2O3. The molecule has 5 heteroatoms. The molecule has 0 unspecified atom stereocenters. The van der Waals surface area contributed by atoms with E-state index in [1.165, 1.54) is 0 Å². The van der Waals surface area contributed by atoms with Crippen molar-refractivity contribution in [2.75, 3.05) is 23.4 Å². The van der Waals surface area contributed by atoms with Crippen molar-refractivity contribution in [1.82, 2.24) is 0 Å². The smallest absolute Gasteiger partial charge is 0.338 e. The monoisotopic (exact) mass is 388 g/mol. The van der Waals surface area contributed by atoms with Gasteiger partial charge in [-0.3, -0.25) is 4.79 Å². The number of nitrogens with zero attached hydrogens (tertiary/aromatic N) is 1. The number of hydrogen-bond acceptors (Lipinski definition) is 4. The van der Waals surface area contributed by atoms with Crippen molar-refractivity contribution in [3.63, 3.8) is 0 Å². The molecule has 0 saturated carbocycles. The number of amides is 1. The first-order valence-electron chi connectivity index (χ1n) is 9.57. The first kappa shape index (κ1) is 20.1. The number of hydrogen-bond donors (Lipinski definition) is 1. The van der Waals surface area contributed by atoms with Crippen LogP contribution in [0.25, 0.3) is 0 Å². The van der Waals surface area contributed by atoms with Crippen LogP contribution in [0.3, 0.4) is 0 Å². The molecule has 3 rings (SSSR count). The van der Waals surface area contributed by atoms with Gasteiger partial charge in [0.2, 0.25) is 5.91 Å². The highest BCUT2D eigenvalue weighted by Crippen LogP contribution is 2.18. The van der Waals surface area contributed by atoms with Gasteiger partial charge in [0.15, 0.2) is 0 Å². The fraction of sp³-hybridized carbons (Fsp3) is 0.167. The van der Waals surface area contributed by atoms with Gasteiger partial charge in [-0.25, -0.2) is 4.79 Å². The van der Waals surface area contributed by atoms with E-state index in [2.05, 4.69) is 5.32 Å². The molecule has 148 valence electrons. The lowest BCUT2D eigenvalue weighted by Crippen LogP contribution is -2.35. The number of benzene rings is 3. The molecule has 1 N–H and O–H groups in total. The first-order valence-corrected chi connectivity index (χ1v) is 9.57. The Bertz CT molecular complexity index is 925. The maximum atomic E-state index is 13.0. The summed E-state index contributed by atoms with van der Waals surface area (Å²) >= 11 is 0. The van der Waals surface area contributed by atoms with E-state index in [0.717, 1.165) is 16.9 Å². The zero-order valence-electron chi connectivity index (χ0n) is 16.4. The molecule has 3 aromatic rings. The summed E-state index contributed by atoms with van der Waals surface area (Å²) in [6.07, 6.45) is 0. The number of anilines is 2. The Kier molecular flexibility index (Phi) is 7.00. The highest BCUT2D eigenvalue weighted by Gasteiger charge is 2.16. The fourth-order valence-electron chi connectivity index (χ4n) is 2.91. The summed E-state index contributed by atoms with van der Waals surface area (Å²) in [5.41, 5.74) is 3.15. The maximum Gasteiger partial charge on any atom is 0.338 e. The van der Waals surface area contributed by atoms with Gasteiger partial charge < -0.3 is 15.0 Å². The van der Waals surface area contributed by atoms with Crippen molar-refractivity contribution in [3.05, 3.63) is 96.1 Å². The Labute approximate surface area is 170 Å². The van der Waals surface area contributed by atoms with Crippen LogP contribution in [0.15, 0.2) is 84.9 Å². The molecule has 0 heterocycles. The number of para-hydroxylation sites is 1. The summed E-state index contributed by atoms with van der Waals surface area (Å²) in [5.74, 6) is -0.400. The molecule has 3 aromatic carbocycles. The van der Waals surface area contributed by atoms with Gasteiger partial charge >= 0.3 is 5.97 Å². The number of ether oxygens (including phenoxy) is 1. The molecule has 0 aromatic heterocycles. The Hall–Kier alpha value is -3.60. The Morgan fingerprint density at radius 3 is 2.10 bits per heavy atom. The minimum absolute atomic E-state index is 0.0467. The molecule has 0 fully saturated rings. The lowest BCUT2D eigenvalue weighted by atomic mass is 10.2. The van der Waals surface area contributed by atoms with E-state index in [4.69, 9.17) is 4.74 Å². The molecule has 0 radical (unpaired) electrons. The third-order valence-corrected chi connectivity index (χ3v) is 4.39. The van der Waals surface area contributed by atoms with Crippen molar-refractivity contribution in [2.24, 2.45) is 0 Å². The SMILES string of the molecule is CCOC(=O)c1ccc(NCC(=O)N(Cc2ccccc2)c2ccccc2)cc1. The minimum atomic E-state index is -0.353. The van der Waals surface area contributed by atoms with Gasteiger partial charge in [0.1, 0.15) is 0 Å². The van der Waals surface area contributed by atoms with Crippen LogP contribution < -0.4 is 10.2 Å². The van der Waals surface area contributed by atoms with Gasteiger partial charge in [-0.2, -0.15) is 0 Å². The summed E-state index contributed by atoms with van der Waals surface area (Å²) in [4.78, 5) is 26.5. The van der Waals surface area contributed by atoms with E-state index in [0.29, 0.717) is 18.7 Å². The second-order valence-electron chi connectivity index (χ2n) is 6.45. The topological polar surface area (TPSA) is 58.6 Å². The van der Waals surface area contributed by atoms with Gasteiger partial charge in [-0.15, -0.1) is 0 Å². The summed E-state index contributed by atoms with van der Waals surface area (Å²) in [6.45, 7) is 2.74. The minimum Gasteiger partial charge on any atom is -0.462 e. The molecule has 0 aliphatic heterocycles. The lowest BCUT2D eigenvalue weighted by molar-refractivity contribution is -0.117. The van der Waals surface area contributed by atoms with Crippen LogP contribution in [-0.2, 0) is 16.1 Å². The van der Waals surface area contributed by atoms with Crippen LogP contribution in [0.5, 0.6) is 0 Å². The predicted octanol–water partition coefficient (Wildman–Crippen LogP) is 4.51. The van der Waals surface area contributed by atoms with Crippen LogP contribution in [0.2, 0.25) is 0 Å². The number of esters is 1.